The number of carbonyl (C=O) groups is 1. The van der Waals surface area contributed by atoms with E-state index in [9.17, 15) is 4.79 Å². The Labute approximate surface area is 178 Å². The van der Waals surface area contributed by atoms with Gasteiger partial charge in [0.05, 0.1) is 12.8 Å². The molecular formula is C22H32N4O2S. The number of ether oxygens (including phenoxy) is 1. The minimum Gasteiger partial charge on any atom is -0.496 e. The van der Waals surface area contributed by atoms with Crippen LogP contribution in [0.4, 0.5) is 0 Å². The van der Waals surface area contributed by atoms with E-state index in [-0.39, 0.29) is 5.91 Å². The number of aryl methyl sites for hydroxylation is 1. The number of hydrogen-bond donors (Lipinski definition) is 0. The molecule has 1 aromatic heterocycles. The molecule has 0 N–H and O–H groups in total. The number of likely N-dealkylation sites (tertiary alicyclic amines) is 1. The fraction of sp³-hybridized carbons (Fsp3) is 0.591. The summed E-state index contributed by atoms with van der Waals surface area (Å²) in [6.45, 7) is 10.8. The van der Waals surface area contributed by atoms with Gasteiger partial charge in [-0.1, -0.05) is 36.5 Å². The molecule has 6 nitrogen and oxygen atoms in total. The monoisotopic (exact) mass is 416 g/mol. The summed E-state index contributed by atoms with van der Waals surface area (Å²) in [5, 5.41) is 4.01. The summed E-state index contributed by atoms with van der Waals surface area (Å²) in [5.74, 6) is 2.01. The predicted molar refractivity (Wildman–Crippen MR) is 116 cm³/mol. The van der Waals surface area contributed by atoms with E-state index in [1.54, 1.807) is 7.11 Å². The van der Waals surface area contributed by atoms with Crippen molar-refractivity contribution in [1.82, 2.24) is 19.4 Å². The van der Waals surface area contributed by atoms with Crippen molar-refractivity contribution in [3.8, 4) is 5.75 Å². The van der Waals surface area contributed by atoms with Crippen LogP contribution < -0.4 is 4.74 Å². The van der Waals surface area contributed by atoms with Crippen molar-refractivity contribution in [3.05, 3.63) is 40.4 Å². The van der Waals surface area contributed by atoms with Crippen LogP contribution in [0.5, 0.6) is 5.75 Å². The number of rotatable bonds is 8. The van der Waals surface area contributed by atoms with Gasteiger partial charge in [0.2, 0.25) is 0 Å². The average molecular weight is 417 g/mol. The third kappa shape index (κ3) is 5.76. The predicted octanol–water partition coefficient (Wildman–Crippen LogP) is 3.87. The zero-order chi connectivity index (χ0) is 20.8. The molecule has 1 amide bonds. The molecule has 0 saturated carbocycles. The summed E-state index contributed by atoms with van der Waals surface area (Å²) in [4.78, 5) is 18.2. The van der Waals surface area contributed by atoms with Crippen LogP contribution in [0.1, 0.15) is 47.6 Å². The second-order valence-corrected chi connectivity index (χ2v) is 9.08. The molecule has 1 fully saturated rings. The minimum atomic E-state index is 0.0858. The van der Waals surface area contributed by atoms with Gasteiger partial charge < -0.3 is 9.64 Å². The quantitative estimate of drug-likeness (QED) is 0.654. The number of piperidine rings is 1. The highest BCUT2D eigenvalue weighted by molar-refractivity contribution is 7.07. The number of amides is 1. The van der Waals surface area contributed by atoms with Crippen LogP contribution in [-0.2, 0) is 6.54 Å². The maximum atomic E-state index is 13.0. The SMILES string of the molecule is COc1ccccc1CN1CCC(CN(CC(C)C)C(=O)c2snnc2C)CC1. The molecule has 2 heterocycles. The Balaban J connectivity index is 1.57. The van der Waals surface area contributed by atoms with Crippen LogP contribution >= 0.6 is 11.5 Å². The molecule has 0 unspecified atom stereocenters. The molecule has 0 spiro atoms. The van der Waals surface area contributed by atoms with E-state index in [0.29, 0.717) is 16.7 Å². The van der Waals surface area contributed by atoms with Crippen molar-refractivity contribution in [3.63, 3.8) is 0 Å². The first kappa shape index (κ1) is 21.7. The standard InChI is InChI=1S/C22H32N4O2S/c1-16(2)13-26(22(27)21-17(3)23-24-29-21)14-18-9-11-25(12-10-18)15-19-7-5-6-8-20(19)28-4/h5-8,16,18H,9-15H2,1-4H3. The third-order valence-electron chi connectivity index (χ3n) is 5.49. The van der Waals surface area contributed by atoms with Crippen LogP contribution in [0, 0.1) is 18.8 Å². The molecule has 0 bridgehead atoms. The Morgan fingerprint density at radius 2 is 2.03 bits per heavy atom. The highest BCUT2D eigenvalue weighted by atomic mass is 32.1. The average Bonchev–Trinajstić information content (AvgIpc) is 3.14. The van der Waals surface area contributed by atoms with Gasteiger partial charge in [-0.05, 0) is 62.3 Å². The zero-order valence-corrected chi connectivity index (χ0v) is 18.7. The first-order valence-electron chi connectivity index (χ1n) is 10.4. The lowest BCUT2D eigenvalue weighted by Gasteiger charge is -2.35. The van der Waals surface area contributed by atoms with Gasteiger partial charge in [-0.25, -0.2) is 0 Å². The number of carbonyl (C=O) groups excluding carboxylic acids is 1. The third-order valence-corrected chi connectivity index (χ3v) is 6.31. The van der Waals surface area contributed by atoms with Gasteiger partial charge in [-0.15, -0.1) is 5.10 Å². The van der Waals surface area contributed by atoms with E-state index in [0.717, 1.165) is 57.0 Å². The van der Waals surface area contributed by atoms with E-state index in [1.807, 2.05) is 24.0 Å². The second kappa shape index (κ2) is 10.2. The maximum Gasteiger partial charge on any atom is 0.267 e. The number of hydrogen-bond acceptors (Lipinski definition) is 6. The normalized spacial score (nSPS) is 15.6. The molecule has 1 aliphatic heterocycles. The van der Waals surface area contributed by atoms with Crippen molar-refractivity contribution in [2.75, 3.05) is 33.3 Å². The Hall–Kier alpha value is -1.99. The van der Waals surface area contributed by atoms with E-state index >= 15 is 0 Å². The van der Waals surface area contributed by atoms with Crippen molar-refractivity contribution in [1.29, 1.82) is 0 Å². The topological polar surface area (TPSA) is 58.6 Å². The van der Waals surface area contributed by atoms with Gasteiger partial charge in [-0.3, -0.25) is 9.69 Å². The lowest BCUT2D eigenvalue weighted by molar-refractivity contribution is 0.0667. The highest BCUT2D eigenvalue weighted by Gasteiger charge is 2.27. The van der Waals surface area contributed by atoms with Crippen molar-refractivity contribution in [2.45, 2.75) is 40.2 Å². The summed E-state index contributed by atoms with van der Waals surface area (Å²) in [6, 6.07) is 8.23. The summed E-state index contributed by atoms with van der Waals surface area (Å²) in [7, 11) is 1.73. The molecule has 1 aromatic carbocycles. The molecule has 29 heavy (non-hydrogen) atoms. The lowest BCUT2D eigenvalue weighted by Crippen LogP contribution is -2.42. The fourth-order valence-electron chi connectivity index (χ4n) is 3.97. The summed E-state index contributed by atoms with van der Waals surface area (Å²) >= 11 is 1.21. The molecule has 1 saturated heterocycles. The summed E-state index contributed by atoms with van der Waals surface area (Å²) < 4.78 is 9.43. The van der Waals surface area contributed by atoms with E-state index in [1.165, 1.54) is 17.1 Å². The minimum absolute atomic E-state index is 0.0858. The molecule has 0 aliphatic carbocycles. The number of methoxy groups -OCH3 is 1. The molecule has 2 aromatic rings. The van der Waals surface area contributed by atoms with Crippen molar-refractivity contribution in [2.24, 2.45) is 11.8 Å². The van der Waals surface area contributed by atoms with E-state index in [2.05, 4.69) is 40.5 Å². The van der Waals surface area contributed by atoms with E-state index in [4.69, 9.17) is 4.74 Å². The number of aromatic nitrogens is 2. The first-order chi connectivity index (χ1) is 14.0. The Morgan fingerprint density at radius 1 is 1.31 bits per heavy atom. The van der Waals surface area contributed by atoms with Crippen LogP contribution in [-0.4, -0.2) is 58.6 Å². The Morgan fingerprint density at radius 3 is 2.66 bits per heavy atom. The molecule has 3 rings (SSSR count). The van der Waals surface area contributed by atoms with Crippen LogP contribution in [0.3, 0.4) is 0 Å². The van der Waals surface area contributed by atoms with Gasteiger partial charge in [-0.2, -0.15) is 0 Å². The molecule has 1 aliphatic rings. The van der Waals surface area contributed by atoms with Crippen LogP contribution in [0.2, 0.25) is 0 Å². The van der Waals surface area contributed by atoms with Crippen LogP contribution in [0.15, 0.2) is 24.3 Å². The largest absolute Gasteiger partial charge is 0.496 e. The summed E-state index contributed by atoms with van der Waals surface area (Å²) in [5.41, 5.74) is 1.97. The number of benzene rings is 1. The van der Waals surface area contributed by atoms with Crippen LogP contribution in [0.25, 0.3) is 0 Å². The molecule has 7 heteroatoms. The van der Waals surface area contributed by atoms with Gasteiger partial charge in [0.25, 0.3) is 5.91 Å². The Kier molecular flexibility index (Phi) is 7.61. The first-order valence-corrected chi connectivity index (χ1v) is 11.2. The molecule has 0 atom stereocenters. The highest BCUT2D eigenvalue weighted by Crippen LogP contribution is 2.25. The lowest BCUT2D eigenvalue weighted by atomic mass is 9.95. The van der Waals surface area contributed by atoms with Gasteiger partial charge in [0.1, 0.15) is 10.6 Å². The maximum absolute atomic E-state index is 13.0. The number of nitrogens with zero attached hydrogens (tertiary/aromatic N) is 4. The van der Waals surface area contributed by atoms with Crippen molar-refractivity contribution < 1.29 is 9.53 Å². The van der Waals surface area contributed by atoms with Crippen molar-refractivity contribution >= 4 is 17.4 Å². The van der Waals surface area contributed by atoms with Gasteiger partial charge in [0, 0.05) is 25.2 Å². The molecule has 158 valence electrons. The zero-order valence-electron chi connectivity index (χ0n) is 17.9. The second-order valence-electron chi connectivity index (χ2n) is 8.32. The van der Waals surface area contributed by atoms with E-state index < -0.39 is 0 Å². The smallest absolute Gasteiger partial charge is 0.267 e. The molecular weight excluding hydrogens is 384 g/mol. The Bertz CT molecular complexity index is 800. The number of para-hydroxylation sites is 1. The molecule has 0 radical (unpaired) electrons. The van der Waals surface area contributed by atoms with Gasteiger partial charge in [0.15, 0.2) is 0 Å². The fourth-order valence-corrected chi connectivity index (χ4v) is 4.59. The van der Waals surface area contributed by atoms with Gasteiger partial charge >= 0.3 is 0 Å². The summed E-state index contributed by atoms with van der Waals surface area (Å²) in [6.07, 6.45) is 2.22.